The summed E-state index contributed by atoms with van der Waals surface area (Å²) < 4.78 is 5.41. The van der Waals surface area contributed by atoms with E-state index in [0.717, 1.165) is 6.29 Å². The van der Waals surface area contributed by atoms with Gasteiger partial charge in [0.15, 0.2) is 0 Å². The molecule has 0 saturated heterocycles. The highest BCUT2D eigenvalue weighted by Gasteiger charge is 2.07. The van der Waals surface area contributed by atoms with Crippen LogP contribution >= 0.6 is 0 Å². The molecule has 4 heteroatoms. The van der Waals surface area contributed by atoms with Crippen LogP contribution in [0, 0.1) is 0 Å². The highest BCUT2D eigenvalue weighted by Crippen LogP contribution is 2.14. The fourth-order valence-electron chi connectivity index (χ4n) is 1.22. The summed E-state index contributed by atoms with van der Waals surface area (Å²) in [6.07, 6.45) is 0.612. The topological polar surface area (TPSA) is 69.4 Å². The lowest BCUT2D eigenvalue weighted by Gasteiger charge is -2.12. The molecule has 0 aromatic heterocycles. The minimum Gasteiger partial charge on any atom is -0.490 e. The highest BCUT2D eigenvalue weighted by atomic mass is 16.5. The van der Waals surface area contributed by atoms with Gasteiger partial charge in [0.1, 0.15) is 18.1 Å². The standard InChI is InChI=1S/C11H13NO3/c1-8(5-11(12)14)15-10-4-2-3-9(6-10)7-13/h2-4,6-8H,5H2,1H3,(H2,12,14). The number of amides is 1. The van der Waals surface area contributed by atoms with E-state index in [1.54, 1.807) is 31.2 Å². The summed E-state index contributed by atoms with van der Waals surface area (Å²) in [7, 11) is 0. The number of ether oxygens (including phenoxy) is 1. The molecule has 15 heavy (non-hydrogen) atoms. The van der Waals surface area contributed by atoms with Gasteiger partial charge in [-0.2, -0.15) is 0 Å². The Bertz CT molecular complexity index is 363. The van der Waals surface area contributed by atoms with Crippen LogP contribution in [-0.2, 0) is 4.79 Å². The van der Waals surface area contributed by atoms with Gasteiger partial charge in [0, 0.05) is 5.56 Å². The predicted molar refractivity (Wildman–Crippen MR) is 55.7 cm³/mol. The molecule has 0 aliphatic carbocycles. The fraction of sp³-hybridized carbons (Fsp3) is 0.273. The quantitative estimate of drug-likeness (QED) is 0.736. The van der Waals surface area contributed by atoms with E-state index in [4.69, 9.17) is 10.5 Å². The Morgan fingerprint density at radius 1 is 1.60 bits per heavy atom. The first-order valence-corrected chi connectivity index (χ1v) is 4.62. The van der Waals surface area contributed by atoms with E-state index in [1.165, 1.54) is 0 Å². The smallest absolute Gasteiger partial charge is 0.221 e. The van der Waals surface area contributed by atoms with Crippen LogP contribution in [0.25, 0.3) is 0 Å². The second kappa shape index (κ2) is 5.14. The third-order valence-corrected chi connectivity index (χ3v) is 1.82. The number of nitrogens with two attached hydrogens (primary N) is 1. The molecule has 1 rings (SSSR count). The van der Waals surface area contributed by atoms with Crippen molar-refractivity contribution in [2.24, 2.45) is 5.73 Å². The number of aldehydes is 1. The van der Waals surface area contributed by atoms with Crippen molar-refractivity contribution < 1.29 is 14.3 Å². The Balaban J connectivity index is 2.63. The van der Waals surface area contributed by atoms with Crippen LogP contribution in [0.2, 0.25) is 0 Å². The molecule has 1 aromatic rings. The SMILES string of the molecule is CC(CC(N)=O)Oc1cccc(C=O)c1. The summed E-state index contributed by atoms with van der Waals surface area (Å²) >= 11 is 0. The summed E-state index contributed by atoms with van der Waals surface area (Å²) in [5, 5.41) is 0. The van der Waals surface area contributed by atoms with Crippen molar-refractivity contribution in [1.82, 2.24) is 0 Å². The van der Waals surface area contributed by atoms with Crippen LogP contribution in [0.4, 0.5) is 0 Å². The number of hydrogen-bond acceptors (Lipinski definition) is 3. The number of primary amides is 1. The molecule has 1 unspecified atom stereocenters. The molecule has 0 aliphatic rings. The summed E-state index contributed by atoms with van der Waals surface area (Å²) in [6.45, 7) is 1.75. The molecular weight excluding hydrogens is 194 g/mol. The van der Waals surface area contributed by atoms with Crippen LogP contribution in [0.1, 0.15) is 23.7 Å². The number of carbonyl (C=O) groups is 2. The monoisotopic (exact) mass is 207 g/mol. The first kappa shape index (κ1) is 11.2. The van der Waals surface area contributed by atoms with Gasteiger partial charge in [0.25, 0.3) is 0 Å². The van der Waals surface area contributed by atoms with E-state index in [-0.39, 0.29) is 12.5 Å². The van der Waals surface area contributed by atoms with E-state index in [9.17, 15) is 9.59 Å². The van der Waals surface area contributed by atoms with Gasteiger partial charge < -0.3 is 10.5 Å². The third-order valence-electron chi connectivity index (χ3n) is 1.82. The van der Waals surface area contributed by atoms with Gasteiger partial charge >= 0.3 is 0 Å². The maximum Gasteiger partial charge on any atom is 0.221 e. The minimum absolute atomic E-state index is 0.158. The molecule has 0 heterocycles. The Labute approximate surface area is 88.0 Å². The van der Waals surface area contributed by atoms with Gasteiger partial charge in [0.2, 0.25) is 5.91 Å². The molecular formula is C11H13NO3. The van der Waals surface area contributed by atoms with Crippen LogP contribution < -0.4 is 10.5 Å². The predicted octanol–water partition coefficient (Wildman–Crippen LogP) is 1.14. The average molecular weight is 207 g/mol. The molecule has 4 nitrogen and oxygen atoms in total. The van der Waals surface area contributed by atoms with Crippen LogP contribution in [0.15, 0.2) is 24.3 Å². The lowest BCUT2D eigenvalue weighted by Crippen LogP contribution is -2.22. The van der Waals surface area contributed by atoms with Gasteiger partial charge in [-0.25, -0.2) is 0 Å². The number of rotatable bonds is 5. The second-order valence-electron chi connectivity index (χ2n) is 3.29. The zero-order chi connectivity index (χ0) is 11.3. The lowest BCUT2D eigenvalue weighted by atomic mass is 10.2. The zero-order valence-corrected chi connectivity index (χ0v) is 8.47. The largest absolute Gasteiger partial charge is 0.490 e. The molecule has 0 radical (unpaired) electrons. The van der Waals surface area contributed by atoms with Crippen molar-refractivity contribution in [1.29, 1.82) is 0 Å². The van der Waals surface area contributed by atoms with Gasteiger partial charge in [-0.15, -0.1) is 0 Å². The number of hydrogen-bond donors (Lipinski definition) is 1. The normalized spacial score (nSPS) is 11.8. The maximum atomic E-state index is 10.6. The summed E-state index contributed by atoms with van der Waals surface area (Å²) in [5.41, 5.74) is 5.57. The first-order chi connectivity index (χ1) is 7.11. The van der Waals surface area contributed by atoms with Crippen molar-refractivity contribution in [3.05, 3.63) is 29.8 Å². The molecule has 0 saturated carbocycles. The average Bonchev–Trinajstić information content (AvgIpc) is 2.16. The lowest BCUT2D eigenvalue weighted by molar-refractivity contribution is -0.119. The van der Waals surface area contributed by atoms with Crippen molar-refractivity contribution >= 4 is 12.2 Å². The van der Waals surface area contributed by atoms with E-state index in [1.807, 2.05) is 0 Å². The molecule has 1 amide bonds. The van der Waals surface area contributed by atoms with E-state index in [0.29, 0.717) is 11.3 Å². The Morgan fingerprint density at radius 3 is 2.93 bits per heavy atom. The molecule has 0 aliphatic heterocycles. The molecule has 0 spiro atoms. The van der Waals surface area contributed by atoms with Crippen molar-refractivity contribution in [3.8, 4) is 5.75 Å². The van der Waals surface area contributed by atoms with Crippen molar-refractivity contribution in [2.75, 3.05) is 0 Å². The Kier molecular flexibility index (Phi) is 3.85. The van der Waals surface area contributed by atoms with Crippen LogP contribution in [0.3, 0.4) is 0 Å². The van der Waals surface area contributed by atoms with E-state index in [2.05, 4.69) is 0 Å². The van der Waals surface area contributed by atoms with Gasteiger partial charge in [-0.05, 0) is 19.1 Å². The van der Waals surface area contributed by atoms with Crippen LogP contribution in [0.5, 0.6) is 5.75 Å². The summed E-state index contributed by atoms with van der Waals surface area (Å²) in [6, 6.07) is 6.74. The van der Waals surface area contributed by atoms with E-state index >= 15 is 0 Å². The maximum absolute atomic E-state index is 10.6. The van der Waals surface area contributed by atoms with Gasteiger partial charge in [-0.3, -0.25) is 9.59 Å². The first-order valence-electron chi connectivity index (χ1n) is 4.62. The van der Waals surface area contributed by atoms with Crippen molar-refractivity contribution in [3.63, 3.8) is 0 Å². The highest BCUT2D eigenvalue weighted by molar-refractivity contribution is 5.75. The zero-order valence-electron chi connectivity index (χ0n) is 8.47. The molecule has 2 N–H and O–H groups in total. The molecule has 80 valence electrons. The summed E-state index contributed by atoms with van der Waals surface area (Å²) in [5.74, 6) is 0.155. The number of benzene rings is 1. The van der Waals surface area contributed by atoms with Gasteiger partial charge in [-0.1, -0.05) is 12.1 Å². The molecule has 0 fully saturated rings. The van der Waals surface area contributed by atoms with Crippen LogP contribution in [-0.4, -0.2) is 18.3 Å². The minimum atomic E-state index is -0.408. The molecule has 1 aromatic carbocycles. The fourth-order valence-corrected chi connectivity index (χ4v) is 1.22. The Hall–Kier alpha value is -1.84. The number of carbonyl (C=O) groups excluding carboxylic acids is 2. The van der Waals surface area contributed by atoms with E-state index < -0.39 is 5.91 Å². The van der Waals surface area contributed by atoms with Crippen molar-refractivity contribution in [2.45, 2.75) is 19.4 Å². The summed E-state index contributed by atoms with van der Waals surface area (Å²) in [4.78, 5) is 21.1. The third kappa shape index (κ3) is 3.81. The Morgan fingerprint density at radius 2 is 2.33 bits per heavy atom. The molecule has 0 bridgehead atoms. The molecule has 1 atom stereocenters. The second-order valence-corrected chi connectivity index (χ2v) is 3.29. The van der Waals surface area contributed by atoms with Gasteiger partial charge in [0.05, 0.1) is 6.42 Å².